The van der Waals surface area contributed by atoms with Gasteiger partial charge in [-0.25, -0.2) is 0 Å². The second-order valence-electron chi connectivity index (χ2n) is 6.56. The van der Waals surface area contributed by atoms with Crippen LogP contribution in [0.4, 0.5) is 0 Å². The molecule has 0 heterocycles. The van der Waals surface area contributed by atoms with E-state index in [-0.39, 0.29) is 11.6 Å². The maximum absolute atomic E-state index is 13.0. The fourth-order valence-electron chi connectivity index (χ4n) is 2.95. The van der Waals surface area contributed by atoms with Crippen molar-refractivity contribution in [1.29, 1.82) is 0 Å². The zero-order valence-corrected chi connectivity index (χ0v) is 16.6. The van der Waals surface area contributed by atoms with Crippen LogP contribution in [0.15, 0.2) is 72.8 Å². The molecule has 0 saturated heterocycles. The molecule has 0 bridgehead atoms. The molecule has 0 amide bonds. The quantitative estimate of drug-likeness (QED) is 0.417. The number of aryl methyl sites for hydroxylation is 1. The van der Waals surface area contributed by atoms with Gasteiger partial charge in [-0.05, 0) is 24.6 Å². The molecule has 0 aliphatic heterocycles. The Morgan fingerprint density at radius 3 is 2.03 bits per heavy atom. The predicted octanol–water partition coefficient (Wildman–Crippen LogP) is 5.14. The Kier molecular flexibility index (Phi) is 6.25. The van der Waals surface area contributed by atoms with E-state index in [0.717, 1.165) is 11.1 Å². The molecule has 0 aromatic heterocycles. The lowest BCUT2D eigenvalue weighted by Gasteiger charge is -2.13. The summed E-state index contributed by atoms with van der Waals surface area (Å²) < 4.78 is 10.7. The third-order valence-electron chi connectivity index (χ3n) is 4.57. The van der Waals surface area contributed by atoms with E-state index in [9.17, 15) is 9.59 Å². The number of methoxy groups -OCH3 is 2. The maximum Gasteiger partial charge on any atom is 0.196 e. The molecule has 4 heteroatoms. The van der Waals surface area contributed by atoms with Crippen molar-refractivity contribution in [2.75, 3.05) is 14.2 Å². The van der Waals surface area contributed by atoms with Gasteiger partial charge in [0.1, 0.15) is 11.5 Å². The molecule has 0 spiro atoms. The lowest BCUT2D eigenvalue weighted by Crippen LogP contribution is -2.08. The van der Waals surface area contributed by atoms with Gasteiger partial charge in [-0.15, -0.1) is 0 Å². The van der Waals surface area contributed by atoms with Gasteiger partial charge >= 0.3 is 0 Å². The van der Waals surface area contributed by atoms with Crippen molar-refractivity contribution in [1.82, 2.24) is 0 Å². The molecule has 0 fully saturated rings. The lowest BCUT2D eigenvalue weighted by atomic mass is 9.97. The highest BCUT2D eigenvalue weighted by atomic mass is 16.5. The number of benzene rings is 3. The molecule has 0 saturated carbocycles. The van der Waals surface area contributed by atoms with Crippen molar-refractivity contribution in [3.05, 3.63) is 101 Å². The van der Waals surface area contributed by atoms with E-state index in [1.165, 1.54) is 26.4 Å². The fraction of sp³-hybridized carbons (Fsp3) is 0.120. The summed E-state index contributed by atoms with van der Waals surface area (Å²) in [7, 11) is 2.96. The zero-order chi connectivity index (χ0) is 20.8. The van der Waals surface area contributed by atoms with Crippen molar-refractivity contribution in [2.45, 2.75) is 6.92 Å². The first-order chi connectivity index (χ1) is 14.0. The van der Waals surface area contributed by atoms with Crippen LogP contribution in [0, 0.1) is 6.92 Å². The van der Waals surface area contributed by atoms with Crippen molar-refractivity contribution < 1.29 is 19.1 Å². The fourth-order valence-corrected chi connectivity index (χ4v) is 2.95. The van der Waals surface area contributed by atoms with Crippen LogP contribution in [0.5, 0.6) is 11.5 Å². The molecule has 3 aromatic carbocycles. The summed E-state index contributed by atoms with van der Waals surface area (Å²) in [6, 6.07) is 19.8. The highest BCUT2D eigenvalue weighted by Crippen LogP contribution is 2.31. The smallest absolute Gasteiger partial charge is 0.196 e. The Balaban J connectivity index is 2.00. The van der Waals surface area contributed by atoms with Crippen LogP contribution in [0.3, 0.4) is 0 Å². The van der Waals surface area contributed by atoms with Gasteiger partial charge in [-0.1, -0.05) is 66.2 Å². The minimum atomic E-state index is -0.257. The highest BCUT2D eigenvalue weighted by molar-refractivity contribution is 6.14. The third kappa shape index (κ3) is 4.61. The van der Waals surface area contributed by atoms with Gasteiger partial charge in [0.25, 0.3) is 0 Å². The van der Waals surface area contributed by atoms with Crippen molar-refractivity contribution in [3.8, 4) is 11.5 Å². The molecule has 29 heavy (non-hydrogen) atoms. The van der Waals surface area contributed by atoms with Crippen molar-refractivity contribution in [2.24, 2.45) is 0 Å². The van der Waals surface area contributed by atoms with E-state index in [2.05, 4.69) is 0 Å². The Labute approximate surface area is 170 Å². The minimum absolute atomic E-state index is 0.221. The first-order valence-electron chi connectivity index (χ1n) is 9.18. The van der Waals surface area contributed by atoms with E-state index in [1.54, 1.807) is 36.4 Å². The van der Waals surface area contributed by atoms with Crippen LogP contribution in [0.25, 0.3) is 6.08 Å². The van der Waals surface area contributed by atoms with Gasteiger partial charge < -0.3 is 9.47 Å². The molecule has 0 aliphatic rings. The normalized spacial score (nSPS) is 10.7. The Hall–Kier alpha value is -3.66. The molecule has 0 atom stereocenters. The van der Waals surface area contributed by atoms with Gasteiger partial charge in [-0.2, -0.15) is 0 Å². The minimum Gasteiger partial charge on any atom is -0.496 e. The standard InChI is InChI=1S/C25H22O4/c1-17-9-11-18(12-10-17)13-14-22(26)20-15-21(24(29-3)16-23(20)28-2)25(27)19-7-5-4-6-8-19/h4-16H,1-3H3. The summed E-state index contributed by atoms with van der Waals surface area (Å²) in [6.45, 7) is 2.01. The van der Waals surface area contributed by atoms with Gasteiger partial charge in [0.05, 0.1) is 25.3 Å². The largest absolute Gasteiger partial charge is 0.496 e. The summed E-state index contributed by atoms with van der Waals surface area (Å²) in [5, 5.41) is 0. The van der Waals surface area contributed by atoms with Crippen LogP contribution in [-0.4, -0.2) is 25.8 Å². The highest BCUT2D eigenvalue weighted by Gasteiger charge is 2.20. The molecule has 0 N–H and O–H groups in total. The number of ether oxygens (including phenoxy) is 2. The summed E-state index contributed by atoms with van der Waals surface area (Å²) in [5.74, 6) is 0.230. The SMILES string of the molecule is COc1cc(OC)c(C(=O)c2ccccc2)cc1C(=O)C=Cc1ccc(C)cc1. The van der Waals surface area contributed by atoms with Crippen molar-refractivity contribution in [3.63, 3.8) is 0 Å². The van der Waals surface area contributed by atoms with Crippen LogP contribution < -0.4 is 9.47 Å². The molecule has 0 radical (unpaired) electrons. The van der Waals surface area contributed by atoms with Gasteiger partial charge in [0.15, 0.2) is 11.6 Å². The monoisotopic (exact) mass is 386 g/mol. The third-order valence-corrected chi connectivity index (χ3v) is 4.57. The van der Waals surface area contributed by atoms with E-state index < -0.39 is 0 Å². The number of allylic oxidation sites excluding steroid dienone is 1. The Bertz CT molecular complexity index is 1050. The van der Waals surface area contributed by atoms with E-state index >= 15 is 0 Å². The van der Waals surface area contributed by atoms with Gasteiger partial charge in [0.2, 0.25) is 0 Å². The molecule has 0 unspecified atom stereocenters. The molecule has 4 nitrogen and oxygen atoms in total. The van der Waals surface area contributed by atoms with Gasteiger partial charge in [0, 0.05) is 11.6 Å². The second kappa shape index (κ2) is 9.02. The number of ketones is 2. The molecule has 3 aromatic rings. The Morgan fingerprint density at radius 2 is 1.41 bits per heavy atom. The Morgan fingerprint density at radius 1 is 0.793 bits per heavy atom. The van der Waals surface area contributed by atoms with Crippen molar-refractivity contribution >= 4 is 17.6 Å². The summed E-state index contributed by atoms with van der Waals surface area (Å²) in [5.41, 5.74) is 3.19. The molecule has 146 valence electrons. The van der Waals surface area contributed by atoms with Crippen LogP contribution in [0.2, 0.25) is 0 Å². The maximum atomic E-state index is 13.0. The van der Waals surface area contributed by atoms with Crippen LogP contribution in [-0.2, 0) is 0 Å². The second-order valence-corrected chi connectivity index (χ2v) is 6.56. The van der Waals surface area contributed by atoms with Crippen LogP contribution >= 0.6 is 0 Å². The van der Waals surface area contributed by atoms with E-state index in [0.29, 0.717) is 28.2 Å². The average Bonchev–Trinajstić information content (AvgIpc) is 2.77. The van der Waals surface area contributed by atoms with E-state index in [4.69, 9.17) is 9.47 Å². The topological polar surface area (TPSA) is 52.6 Å². The predicted molar refractivity (Wildman–Crippen MR) is 114 cm³/mol. The summed E-state index contributed by atoms with van der Waals surface area (Å²) >= 11 is 0. The number of carbonyl (C=O) groups is 2. The number of rotatable bonds is 7. The number of hydrogen-bond donors (Lipinski definition) is 0. The summed E-state index contributed by atoms with van der Waals surface area (Å²) in [4.78, 5) is 25.8. The van der Waals surface area contributed by atoms with Gasteiger partial charge in [-0.3, -0.25) is 9.59 Å². The van der Waals surface area contributed by atoms with Crippen LogP contribution in [0.1, 0.15) is 37.4 Å². The number of hydrogen-bond acceptors (Lipinski definition) is 4. The molecular weight excluding hydrogens is 364 g/mol. The molecule has 0 aliphatic carbocycles. The number of carbonyl (C=O) groups excluding carboxylic acids is 2. The zero-order valence-electron chi connectivity index (χ0n) is 16.6. The summed E-state index contributed by atoms with van der Waals surface area (Å²) in [6.07, 6.45) is 3.22. The molecule has 3 rings (SSSR count). The lowest BCUT2D eigenvalue weighted by molar-refractivity contribution is 0.103. The molecular formula is C25H22O4. The first kappa shape index (κ1) is 20.1. The van der Waals surface area contributed by atoms with E-state index in [1.807, 2.05) is 37.3 Å². The average molecular weight is 386 g/mol. The first-order valence-corrected chi connectivity index (χ1v) is 9.18.